The maximum Gasteiger partial charge on any atom is 0.0553 e. The summed E-state index contributed by atoms with van der Waals surface area (Å²) in [4.78, 5) is 0. The Kier molecular flexibility index (Phi) is 3.55. The first-order chi connectivity index (χ1) is 9.83. The molecule has 2 aromatic carbocycles. The van der Waals surface area contributed by atoms with E-state index in [1.807, 2.05) is 6.07 Å². The van der Waals surface area contributed by atoms with E-state index in [1.54, 1.807) is 0 Å². The molecule has 0 spiro atoms. The average Bonchev–Trinajstić information content (AvgIpc) is 2.92. The van der Waals surface area contributed by atoms with E-state index < -0.39 is 0 Å². The largest absolute Gasteiger partial charge is 0.379 e. The molecule has 100 valence electrons. The van der Waals surface area contributed by atoms with E-state index >= 15 is 0 Å². The van der Waals surface area contributed by atoms with Gasteiger partial charge in [-0.05, 0) is 35.4 Å². The molecule has 2 heteroatoms. The highest BCUT2D eigenvalue weighted by Gasteiger charge is 1.99. The van der Waals surface area contributed by atoms with E-state index in [9.17, 15) is 0 Å². The maximum atomic E-state index is 3.45. The van der Waals surface area contributed by atoms with Gasteiger partial charge in [-0.2, -0.15) is 0 Å². The second-order valence-electron chi connectivity index (χ2n) is 4.91. The highest BCUT2D eigenvalue weighted by molar-refractivity contribution is 5.65. The molecule has 1 N–H and O–H groups in total. The molecule has 1 aromatic heterocycles. The van der Waals surface area contributed by atoms with Crippen LogP contribution in [0, 0.1) is 0 Å². The highest BCUT2D eigenvalue weighted by Crippen LogP contribution is 2.21. The summed E-state index contributed by atoms with van der Waals surface area (Å²) in [6, 6.07) is 23.2. The molecule has 0 saturated heterocycles. The summed E-state index contributed by atoms with van der Waals surface area (Å²) >= 11 is 0. The van der Waals surface area contributed by atoms with Crippen LogP contribution in [0.5, 0.6) is 0 Å². The van der Waals surface area contributed by atoms with Gasteiger partial charge < -0.3 is 9.88 Å². The van der Waals surface area contributed by atoms with Crippen molar-refractivity contribution in [3.63, 3.8) is 0 Å². The molecule has 3 aromatic rings. The number of benzene rings is 2. The Labute approximate surface area is 119 Å². The molecular weight excluding hydrogens is 244 g/mol. The number of anilines is 1. The molecule has 0 bridgehead atoms. The topological polar surface area (TPSA) is 17.0 Å². The SMILES string of the molecule is Cn1cccc1CNc1ccc(-c2ccccc2)cc1. The monoisotopic (exact) mass is 262 g/mol. The zero-order valence-electron chi connectivity index (χ0n) is 11.6. The van der Waals surface area contributed by atoms with Gasteiger partial charge in [-0.3, -0.25) is 0 Å². The van der Waals surface area contributed by atoms with Crippen LogP contribution < -0.4 is 5.32 Å². The van der Waals surface area contributed by atoms with Gasteiger partial charge in [0.15, 0.2) is 0 Å². The van der Waals surface area contributed by atoms with Gasteiger partial charge in [0.1, 0.15) is 0 Å². The summed E-state index contributed by atoms with van der Waals surface area (Å²) in [5, 5.41) is 3.45. The number of nitrogens with one attached hydrogen (secondary N) is 1. The van der Waals surface area contributed by atoms with E-state index in [-0.39, 0.29) is 0 Å². The molecule has 0 saturated carbocycles. The van der Waals surface area contributed by atoms with E-state index in [4.69, 9.17) is 0 Å². The van der Waals surface area contributed by atoms with Crippen molar-refractivity contribution < 1.29 is 0 Å². The zero-order chi connectivity index (χ0) is 13.8. The van der Waals surface area contributed by atoms with E-state index in [0.29, 0.717) is 0 Å². The van der Waals surface area contributed by atoms with Crippen LogP contribution >= 0.6 is 0 Å². The molecular formula is C18H18N2. The second-order valence-corrected chi connectivity index (χ2v) is 4.91. The van der Waals surface area contributed by atoms with E-state index in [2.05, 4.69) is 83.8 Å². The predicted octanol–water partition coefficient (Wildman–Crippen LogP) is 4.30. The summed E-state index contributed by atoms with van der Waals surface area (Å²) < 4.78 is 2.13. The Bertz CT molecular complexity index is 666. The maximum absolute atomic E-state index is 3.45. The molecule has 1 heterocycles. The lowest BCUT2D eigenvalue weighted by Crippen LogP contribution is -2.03. The van der Waals surface area contributed by atoms with Gasteiger partial charge in [0.2, 0.25) is 0 Å². The molecule has 2 nitrogen and oxygen atoms in total. The van der Waals surface area contributed by atoms with Gasteiger partial charge in [0.05, 0.1) is 6.54 Å². The van der Waals surface area contributed by atoms with Crippen LogP contribution in [0.2, 0.25) is 0 Å². The smallest absolute Gasteiger partial charge is 0.0553 e. The Balaban J connectivity index is 1.69. The quantitative estimate of drug-likeness (QED) is 0.741. The molecule has 0 unspecified atom stereocenters. The summed E-state index contributed by atoms with van der Waals surface area (Å²) in [6.07, 6.45) is 2.06. The standard InChI is InChI=1S/C18H18N2/c1-20-13-5-8-18(20)14-19-17-11-9-16(10-12-17)15-6-3-2-4-7-15/h2-13,19H,14H2,1H3. The molecule has 20 heavy (non-hydrogen) atoms. The first kappa shape index (κ1) is 12.5. The number of aromatic nitrogens is 1. The summed E-state index contributed by atoms with van der Waals surface area (Å²) in [5.74, 6) is 0. The van der Waals surface area contributed by atoms with Gasteiger partial charge in [-0.15, -0.1) is 0 Å². The lowest BCUT2D eigenvalue weighted by Gasteiger charge is -2.08. The minimum atomic E-state index is 0.841. The minimum absolute atomic E-state index is 0.841. The van der Waals surface area contributed by atoms with Crippen LogP contribution in [-0.4, -0.2) is 4.57 Å². The van der Waals surface area contributed by atoms with Crippen LogP contribution in [0.1, 0.15) is 5.69 Å². The number of hydrogen-bond acceptors (Lipinski definition) is 1. The third-order valence-corrected chi connectivity index (χ3v) is 3.52. The van der Waals surface area contributed by atoms with Crippen molar-refractivity contribution in [2.24, 2.45) is 7.05 Å². The Morgan fingerprint density at radius 3 is 2.15 bits per heavy atom. The van der Waals surface area contributed by atoms with Crippen molar-refractivity contribution >= 4 is 5.69 Å². The molecule has 0 aliphatic carbocycles. The number of rotatable bonds is 4. The van der Waals surface area contributed by atoms with Gasteiger partial charge in [-0.1, -0.05) is 42.5 Å². The van der Waals surface area contributed by atoms with Crippen LogP contribution in [0.4, 0.5) is 5.69 Å². The normalized spacial score (nSPS) is 10.4. The summed E-state index contributed by atoms with van der Waals surface area (Å²) in [5.41, 5.74) is 4.92. The van der Waals surface area contributed by atoms with Crippen LogP contribution in [-0.2, 0) is 13.6 Å². The first-order valence-electron chi connectivity index (χ1n) is 6.82. The summed E-state index contributed by atoms with van der Waals surface area (Å²) in [6.45, 7) is 0.841. The van der Waals surface area contributed by atoms with Crippen molar-refractivity contribution in [3.8, 4) is 11.1 Å². The van der Waals surface area contributed by atoms with Gasteiger partial charge in [0, 0.05) is 24.6 Å². The fourth-order valence-corrected chi connectivity index (χ4v) is 2.28. The Morgan fingerprint density at radius 1 is 0.800 bits per heavy atom. The Hall–Kier alpha value is -2.48. The number of aryl methyl sites for hydroxylation is 1. The molecule has 0 radical (unpaired) electrons. The van der Waals surface area contributed by atoms with Crippen LogP contribution in [0.25, 0.3) is 11.1 Å². The van der Waals surface area contributed by atoms with Crippen LogP contribution in [0.15, 0.2) is 72.9 Å². The second kappa shape index (κ2) is 5.66. The third kappa shape index (κ3) is 2.75. The fourth-order valence-electron chi connectivity index (χ4n) is 2.28. The van der Waals surface area contributed by atoms with Crippen molar-refractivity contribution in [1.82, 2.24) is 4.57 Å². The number of nitrogens with zero attached hydrogens (tertiary/aromatic N) is 1. The number of hydrogen-bond donors (Lipinski definition) is 1. The zero-order valence-corrected chi connectivity index (χ0v) is 11.6. The molecule has 0 fully saturated rings. The molecule has 0 aliphatic heterocycles. The van der Waals surface area contributed by atoms with E-state index in [1.165, 1.54) is 16.8 Å². The lowest BCUT2D eigenvalue weighted by molar-refractivity contribution is 0.842. The molecule has 0 amide bonds. The molecule has 0 atom stereocenters. The average molecular weight is 262 g/mol. The van der Waals surface area contributed by atoms with Crippen molar-refractivity contribution in [2.75, 3.05) is 5.32 Å². The highest BCUT2D eigenvalue weighted by atomic mass is 15.0. The van der Waals surface area contributed by atoms with Crippen molar-refractivity contribution in [1.29, 1.82) is 0 Å². The van der Waals surface area contributed by atoms with Crippen molar-refractivity contribution in [3.05, 3.63) is 78.6 Å². The third-order valence-electron chi connectivity index (χ3n) is 3.52. The van der Waals surface area contributed by atoms with Gasteiger partial charge >= 0.3 is 0 Å². The Morgan fingerprint density at radius 2 is 1.50 bits per heavy atom. The first-order valence-corrected chi connectivity index (χ1v) is 6.82. The van der Waals surface area contributed by atoms with Crippen LogP contribution in [0.3, 0.4) is 0 Å². The summed E-state index contributed by atoms with van der Waals surface area (Å²) in [7, 11) is 2.06. The minimum Gasteiger partial charge on any atom is -0.379 e. The lowest BCUT2D eigenvalue weighted by atomic mass is 10.1. The molecule has 0 aliphatic rings. The predicted molar refractivity (Wildman–Crippen MR) is 84.6 cm³/mol. The van der Waals surface area contributed by atoms with Gasteiger partial charge in [0.25, 0.3) is 0 Å². The van der Waals surface area contributed by atoms with E-state index in [0.717, 1.165) is 12.2 Å². The van der Waals surface area contributed by atoms with Gasteiger partial charge in [-0.25, -0.2) is 0 Å². The molecule has 3 rings (SSSR count). The van der Waals surface area contributed by atoms with Crippen molar-refractivity contribution in [2.45, 2.75) is 6.54 Å². The fraction of sp³-hybridized carbons (Fsp3) is 0.111.